The SMILES string of the molecule is N#CC(C(=O)Nc1ccc(Br)cc1)=C1SC(Cc2cccc([N+](=O)[O-])c2)C(=O)N1c1ccc(F)cc1. The summed E-state index contributed by atoms with van der Waals surface area (Å²) in [6, 6.07) is 19.7. The Kier molecular flexibility index (Phi) is 7.47. The molecule has 3 aromatic rings. The van der Waals surface area contributed by atoms with Gasteiger partial charge >= 0.3 is 0 Å². The second-order valence-corrected chi connectivity index (χ2v) is 9.75. The van der Waals surface area contributed by atoms with E-state index in [9.17, 15) is 29.4 Å². The van der Waals surface area contributed by atoms with Gasteiger partial charge in [-0.3, -0.25) is 24.6 Å². The molecule has 0 bridgehead atoms. The highest BCUT2D eigenvalue weighted by Crippen LogP contribution is 2.42. The third-order valence-corrected chi connectivity index (χ3v) is 7.03. The summed E-state index contributed by atoms with van der Waals surface area (Å²) in [5.74, 6) is -1.65. The van der Waals surface area contributed by atoms with Gasteiger partial charge in [0.15, 0.2) is 0 Å². The van der Waals surface area contributed by atoms with Gasteiger partial charge in [0.2, 0.25) is 5.91 Å². The fourth-order valence-electron chi connectivity index (χ4n) is 3.55. The van der Waals surface area contributed by atoms with Crippen LogP contribution in [0.3, 0.4) is 0 Å². The van der Waals surface area contributed by atoms with Crippen LogP contribution in [0.5, 0.6) is 0 Å². The molecule has 1 heterocycles. The van der Waals surface area contributed by atoms with Crippen LogP contribution in [-0.4, -0.2) is 22.0 Å². The zero-order valence-corrected chi connectivity index (χ0v) is 20.8. The third-order valence-electron chi connectivity index (χ3n) is 5.23. The quantitative estimate of drug-likeness (QED) is 0.180. The van der Waals surface area contributed by atoms with E-state index in [1.165, 1.54) is 47.4 Å². The normalized spacial score (nSPS) is 16.4. The molecule has 1 fully saturated rings. The molecule has 0 spiro atoms. The van der Waals surface area contributed by atoms with Gasteiger partial charge in [-0.15, -0.1) is 0 Å². The number of amides is 2. The monoisotopic (exact) mass is 566 g/mol. The minimum atomic E-state index is -0.768. The van der Waals surface area contributed by atoms with E-state index in [1.54, 1.807) is 30.3 Å². The number of benzene rings is 3. The molecule has 1 atom stereocenters. The van der Waals surface area contributed by atoms with Crippen molar-refractivity contribution in [2.75, 3.05) is 10.2 Å². The molecule has 1 saturated heterocycles. The molecule has 0 aliphatic carbocycles. The Morgan fingerprint density at radius 1 is 1.17 bits per heavy atom. The van der Waals surface area contributed by atoms with Crippen LogP contribution in [-0.2, 0) is 16.0 Å². The highest BCUT2D eigenvalue weighted by Gasteiger charge is 2.41. The van der Waals surface area contributed by atoms with Gasteiger partial charge in [-0.05, 0) is 60.5 Å². The summed E-state index contributed by atoms with van der Waals surface area (Å²) in [7, 11) is 0. The van der Waals surface area contributed by atoms with Gasteiger partial charge in [0, 0.05) is 28.0 Å². The van der Waals surface area contributed by atoms with Gasteiger partial charge in [-0.2, -0.15) is 5.26 Å². The Hall–Kier alpha value is -4.01. The van der Waals surface area contributed by atoms with Crippen molar-refractivity contribution in [3.8, 4) is 6.07 Å². The van der Waals surface area contributed by atoms with Gasteiger partial charge < -0.3 is 5.32 Å². The van der Waals surface area contributed by atoms with Crippen LogP contribution >= 0.6 is 27.7 Å². The Balaban J connectivity index is 1.72. The predicted molar refractivity (Wildman–Crippen MR) is 137 cm³/mol. The molecule has 3 aromatic carbocycles. The van der Waals surface area contributed by atoms with Crippen LogP contribution in [0.1, 0.15) is 5.56 Å². The molecule has 2 amide bonds. The predicted octanol–water partition coefficient (Wildman–Crippen LogP) is 5.56. The molecule has 0 aromatic heterocycles. The first-order valence-electron chi connectivity index (χ1n) is 10.5. The molecule has 1 aliphatic rings. The van der Waals surface area contributed by atoms with Crippen molar-refractivity contribution in [1.29, 1.82) is 5.26 Å². The first-order chi connectivity index (χ1) is 17.3. The molecule has 11 heteroatoms. The highest BCUT2D eigenvalue weighted by molar-refractivity contribution is 9.10. The maximum absolute atomic E-state index is 13.6. The van der Waals surface area contributed by atoms with E-state index in [0.29, 0.717) is 11.3 Å². The van der Waals surface area contributed by atoms with Gasteiger partial charge in [-0.25, -0.2) is 4.39 Å². The number of thioether (sulfide) groups is 1. The van der Waals surface area contributed by atoms with Gasteiger partial charge in [-0.1, -0.05) is 39.8 Å². The van der Waals surface area contributed by atoms with Gasteiger partial charge in [0.1, 0.15) is 22.5 Å². The summed E-state index contributed by atoms with van der Waals surface area (Å²) in [4.78, 5) is 38.3. The highest BCUT2D eigenvalue weighted by atomic mass is 79.9. The molecule has 0 saturated carbocycles. The Morgan fingerprint density at radius 3 is 2.50 bits per heavy atom. The van der Waals surface area contributed by atoms with Crippen LogP contribution in [0, 0.1) is 27.3 Å². The van der Waals surface area contributed by atoms with Crippen molar-refractivity contribution < 1.29 is 18.9 Å². The number of nitriles is 1. The summed E-state index contributed by atoms with van der Waals surface area (Å²) >= 11 is 4.32. The summed E-state index contributed by atoms with van der Waals surface area (Å²) in [6.07, 6.45) is 0.124. The van der Waals surface area contributed by atoms with E-state index in [2.05, 4.69) is 21.2 Å². The molecular weight excluding hydrogens is 551 g/mol. The largest absolute Gasteiger partial charge is 0.321 e. The summed E-state index contributed by atoms with van der Waals surface area (Å²) in [5, 5.41) is 23.0. The van der Waals surface area contributed by atoms with E-state index in [1.807, 2.05) is 6.07 Å². The van der Waals surface area contributed by atoms with Crippen LogP contribution < -0.4 is 10.2 Å². The fourth-order valence-corrected chi connectivity index (χ4v) is 5.12. The van der Waals surface area contributed by atoms with Gasteiger partial charge in [0.05, 0.1) is 10.2 Å². The first kappa shape index (κ1) is 25.1. The summed E-state index contributed by atoms with van der Waals surface area (Å²) in [5.41, 5.74) is 0.887. The number of nitrogens with zero attached hydrogens (tertiary/aromatic N) is 3. The maximum Gasteiger partial charge on any atom is 0.269 e. The number of carbonyl (C=O) groups is 2. The number of nitro groups is 1. The number of carbonyl (C=O) groups excluding carboxylic acids is 2. The number of rotatable bonds is 6. The molecule has 8 nitrogen and oxygen atoms in total. The van der Waals surface area contributed by atoms with Crippen molar-refractivity contribution >= 4 is 56.6 Å². The number of hydrogen-bond acceptors (Lipinski definition) is 6. The zero-order valence-electron chi connectivity index (χ0n) is 18.4. The van der Waals surface area contributed by atoms with Crippen molar-refractivity contribution in [1.82, 2.24) is 0 Å². The van der Waals surface area contributed by atoms with Crippen molar-refractivity contribution in [3.63, 3.8) is 0 Å². The number of non-ortho nitro benzene ring substituents is 1. The second kappa shape index (κ2) is 10.7. The van der Waals surface area contributed by atoms with Crippen molar-refractivity contribution in [2.45, 2.75) is 11.7 Å². The number of nitrogens with one attached hydrogen (secondary N) is 1. The Morgan fingerprint density at radius 2 is 1.86 bits per heavy atom. The fraction of sp³-hybridized carbons (Fsp3) is 0.0800. The van der Waals surface area contributed by atoms with Crippen LogP contribution in [0.15, 0.2) is 87.9 Å². The molecule has 180 valence electrons. The minimum absolute atomic E-state index is 0.0964. The Labute approximate surface area is 217 Å². The van der Waals surface area contributed by atoms with Gasteiger partial charge in [0.25, 0.3) is 11.6 Å². The summed E-state index contributed by atoms with van der Waals surface area (Å²) < 4.78 is 14.4. The lowest BCUT2D eigenvalue weighted by molar-refractivity contribution is -0.384. The molecule has 1 unspecified atom stereocenters. The lowest BCUT2D eigenvalue weighted by Gasteiger charge is -2.18. The molecule has 1 N–H and O–H groups in total. The van der Waals surface area contributed by atoms with Crippen molar-refractivity contribution in [3.05, 3.63) is 109 Å². The van der Waals surface area contributed by atoms with Crippen LogP contribution in [0.4, 0.5) is 21.5 Å². The smallest absolute Gasteiger partial charge is 0.269 e. The number of nitro benzene ring substituents is 1. The standard InChI is InChI=1S/C25H16BrFN4O4S/c26-16-4-8-18(9-5-16)29-23(32)21(14-28)25-30(19-10-6-17(27)7-11-19)24(33)22(36-25)13-15-2-1-3-20(12-15)31(34)35/h1-12,22H,13H2,(H,29,32). The van der Waals surface area contributed by atoms with E-state index in [0.717, 1.165) is 16.2 Å². The lowest BCUT2D eigenvalue weighted by atomic mass is 10.1. The molecule has 0 radical (unpaired) electrons. The topological polar surface area (TPSA) is 116 Å². The number of hydrogen-bond donors (Lipinski definition) is 1. The third kappa shape index (κ3) is 5.45. The second-order valence-electron chi connectivity index (χ2n) is 7.64. The Bertz CT molecular complexity index is 1420. The van der Waals surface area contributed by atoms with E-state index < -0.39 is 27.8 Å². The van der Waals surface area contributed by atoms with E-state index in [-0.39, 0.29) is 28.4 Å². The lowest BCUT2D eigenvalue weighted by Crippen LogP contribution is -2.31. The van der Waals surface area contributed by atoms with E-state index in [4.69, 9.17) is 0 Å². The molecule has 36 heavy (non-hydrogen) atoms. The minimum Gasteiger partial charge on any atom is -0.321 e. The first-order valence-corrected chi connectivity index (χ1v) is 12.1. The average molecular weight is 567 g/mol. The zero-order chi connectivity index (χ0) is 25.8. The number of halogens is 2. The van der Waals surface area contributed by atoms with Crippen molar-refractivity contribution in [2.24, 2.45) is 0 Å². The molecular formula is C25H16BrFN4O4S. The summed E-state index contributed by atoms with van der Waals surface area (Å²) in [6.45, 7) is 0. The van der Waals surface area contributed by atoms with Crippen LogP contribution in [0.25, 0.3) is 0 Å². The molecule has 1 aliphatic heterocycles. The molecule has 4 rings (SSSR count). The van der Waals surface area contributed by atoms with Crippen LogP contribution in [0.2, 0.25) is 0 Å². The van der Waals surface area contributed by atoms with E-state index >= 15 is 0 Å². The maximum atomic E-state index is 13.6. The number of anilines is 2. The average Bonchev–Trinajstić information content (AvgIpc) is 3.17.